The number of anilines is 2. The molecule has 150 valence electrons. The zero-order valence-electron chi connectivity index (χ0n) is 15.0. The second-order valence-electron chi connectivity index (χ2n) is 6.75. The number of pyridine rings is 1. The number of benzene rings is 1. The van der Waals surface area contributed by atoms with Crippen molar-refractivity contribution in [2.24, 2.45) is 5.92 Å². The van der Waals surface area contributed by atoms with Gasteiger partial charge in [-0.2, -0.15) is 0 Å². The molecule has 0 saturated carbocycles. The van der Waals surface area contributed by atoms with Gasteiger partial charge in [0.05, 0.1) is 26.8 Å². The molecule has 0 amide bonds. The first kappa shape index (κ1) is 20.7. The second kappa shape index (κ2) is 8.14. The van der Waals surface area contributed by atoms with E-state index in [1.807, 2.05) is 4.90 Å². The molecule has 2 N–H and O–H groups in total. The summed E-state index contributed by atoms with van der Waals surface area (Å²) in [5.41, 5.74) is 0.00138. The minimum Gasteiger partial charge on any atom is -0.478 e. The number of rotatable bonds is 5. The fourth-order valence-corrected chi connectivity index (χ4v) is 4.42. The SMILES string of the molecule is CC1CCN(c2ncc(NS(=O)(=O)c3ccc(Cl)c(Cl)c3)cc2C(=O)O)CC1. The molecule has 0 aliphatic carbocycles. The predicted octanol–water partition coefficient (Wildman–Crippen LogP) is 4.12. The summed E-state index contributed by atoms with van der Waals surface area (Å²) >= 11 is 11.7. The molecule has 3 rings (SSSR count). The molecule has 0 radical (unpaired) electrons. The van der Waals surface area contributed by atoms with Crippen LogP contribution in [0.4, 0.5) is 11.5 Å². The Hall–Kier alpha value is -2.03. The van der Waals surface area contributed by atoms with Crippen molar-refractivity contribution in [1.82, 2.24) is 4.98 Å². The Morgan fingerprint density at radius 1 is 1.21 bits per heavy atom. The Morgan fingerprint density at radius 2 is 1.89 bits per heavy atom. The summed E-state index contributed by atoms with van der Waals surface area (Å²) in [5.74, 6) is -0.240. The summed E-state index contributed by atoms with van der Waals surface area (Å²) in [5, 5.41) is 9.91. The van der Waals surface area contributed by atoms with Crippen LogP contribution in [0.15, 0.2) is 35.4 Å². The highest BCUT2D eigenvalue weighted by Crippen LogP contribution is 2.29. The maximum Gasteiger partial charge on any atom is 0.339 e. The third-order valence-corrected chi connectivity index (χ3v) is 6.75. The van der Waals surface area contributed by atoms with Crippen molar-refractivity contribution in [1.29, 1.82) is 0 Å². The zero-order chi connectivity index (χ0) is 20.5. The first-order valence-electron chi connectivity index (χ1n) is 8.63. The Bertz CT molecular complexity index is 1010. The number of hydrogen-bond donors (Lipinski definition) is 2. The van der Waals surface area contributed by atoms with Crippen molar-refractivity contribution >= 4 is 50.7 Å². The van der Waals surface area contributed by atoms with Crippen LogP contribution < -0.4 is 9.62 Å². The monoisotopic (exact) mass is 443 g/mol. The number of nitrogens with zero attached hydrogens (tertiary/aromatic N) is 2. The highest BCUT2D eigenvalue weighted by Gasteiger charge is 2.24. The minimum absolute atomic E-state index is 0.0520. The Morgan fingerprint density at radius 3 is 2.50 bits per heavy atom. The molecule has 0 bridgehead atoms. The van der Waals surface area contributed by atoms with Crippen molar-refractivity contribution in [3.8, 4) is 0 Å². The van der Waals surface area contributed by atoms with Gasteiger partial charge in [0.25, 0.3) is 10.0 Å². The van der Waals surface area contributed by atoms with Gasteiger partial charge in [0.15, 0.2) is 0 Å². The summed E-state index contributed by atoms with van der Waals surface area (Å²) in [7, 11) is -3.98. The van der Waals surface area contributed by atoms with E-state index in [0.29, 0.717) is 24.8 Å². The van der Waals surface area contributed by atoms with E-state index in [1.54, 1.807) is 0 Å². The van der Waals surface area contributed by atoms with Gasteiger partial charge in [-0.1, -0.05) is 30.1 Å². The van der Waals surface area contributed by atoms with Gasteiger partial charge in [-0.25, -0.2) is 18.2 Å². The molecule has 1 aliphatic heterocycles. The molecule has 7 nitrogen and oxygen atoms in total. The molecule has 1 aromatic heterocycles. The Balaban J connectivity index is 1.89. The van der Waals surface area contributed by atoms with Crippen molar-refractivity contribution < 1.29 is 18.3 Å². The molecule has 1 saturated heterocycles. The van der Waals surface area contributed by atoms with E-state index in [9.17, 15) is 18.3 Å². The molecule has 10 heteroatoms. The lowest BCUT2D eigenvalue weighted by atomic mass is 9.99. The number of carbonyl (C=O) groups is 1. The molecule has 1 fully saturated rings. The van der Waals surface area contributed by atoms with Crippen LogP contribution in [0.25, 0.3) is 0 Å². The van der Waals surface area contributed by atoms with E-state index in [1.165, 1.54) is 30.5 Å². The van der Waals surface area contributed by atoms with Gasteiger partial charge >= 0.3 is 5.97 Å². The summed E-state index contributed by atoms with van der Waals surface area (Å²) in [6.07, 6.45) is 3.22. The molecule has 1 aromatic carbocycles. The fourth-order valence-electron chi connectivity index (χ4n) is 3.00. The first-order chi connectivity index (χ1) is 13.2. The lowest BCUT2D eigenvalue weighted by molar-refractivity contribution is 0.0697. The summed E-state index contributed by atoms with van der Waals surface area (Å²) < 4.78 is 27.5. The van der Waals surface area contributed by atoms with Gasteiger partial charge in [0.1, 0.15) is 11.4 Å². The van der Waals surface area contributed by atoms with Crippen LogP contribution in [0.3, 0.4) is 0 Å². The third-order valence-electron chi connectivity index (χ3n) is 4.63. The zero-order valence-corrected chi connectivity index (χ0v) is 17.4. The minimum atomic E-state index is -3.98. The highest BCUT2D eigenvalue weighted by molar-refractivity contribution is 7.92. The lowest BCUT2D eigenvalue weighted by Gasteiger charge is -2.32. The maximum atomic E-state index is 12.6. The molecule has 0 unspecified atom stereocenters. The van der Waals surface area contributed by atoms with Crippen molar-refractivity contribution in [2.75, 3.05) is 22.7 Å². The molecule has 0 spiro atoms. The molecule has 28 heavy (non-hydrogen) atoms. The summed E-state index contributed by atoms with van der Waals surface area (Å²) in [4.78, 5) is 17.8. The maximum absolute atomic E-state index is 12.6. The number of carboxylic acids is 1. The van der Waals surface area contributed by atoms with Gasteiger partial charge in [-0.3, -0.25) is 4.72 Å². The molecule has 2 aromatic rings. The van der Waals surface area contributed by atoms with Gasteiger partial charge in [0, 0.05) is 13.1 Å². The fraction of sp³-hybridized carbons (Fsp3) is 0.333. The smallest absolute Gasteiger partial charge is 0.339 e. The first-order valence-corrected chi connectivity index (χ1v) is 10.9. The third kappa shape index (κ3) is 4.51. The number of carboxylic acid groups (broad SMARTS) is 1. The van der Waals surface area contributed by atoms with E-state index in [-0.39, 0.29) is 26.2 Å². The number of sulfonamides is 1. The number of piperidine rings is 1. The highest BCUT2D eigenvalue weighted by atomic mass is 35.5. The van der Waals surface area contributed by atoms with Crippen molar-refractivity contribution in [2.45, 2.75) is 24.7 Å². The standard InChI is InChI=1S/C18H19Cl2N3O4S/c1-11-4-6-23(7-5-11)17-14(18(24)25)8-12(10-21-17)22-28(26,27)13-2-3-15(19)16(20)9-13/h2-3,8-11,22H,4-7H2,1H3,(H,24,25). The van der Waals surface area contributed by atoms with Gasteiger partial charge in [-0.15, -0.1) is 0 Å². The molecule has 2 heterocycles. The van der Waals surface area contributed by atoms with Crippen LogP contribution >= 0.6 is 23.2 Å². The van der Waals surface area contributed by atoms with Crippen LogP contribution in [-0.4, -0.2) is 37.6 Å². The van der Waals surface area contributed by atoms with Gasteiger partial charge in [-0.05, 0) is 43.0 Å². The normalized spacial score (nSPS) is 15.5. The van der Waals surface area contributed by atoms with Crippen LogP contribution in [0.1, 0.15) is 30.1 Å². The molecular formula is C18H19Cl2N3O4S. The predicted molar refractivity (Wildman–Crippen MR) is 109 cm³/mol. The lowest BCUT2D eigenvalue weighted by Crippen LogP contribution is -2.34. The summed E-state index contributed by atoms with van der Waals surface area (Å²) in [6.45, 7) is 3.58. The van der Waals surface area contributed by atoms with E-state index in [2.05, 4.69) is 16.6 Å². The summed E-state index contributed by atoms with van der Waals surface area (Å²) in [6, 6.07) is 5.18. The van der Waals surface area contributed by atoms with Crippen LogP contribution in [0.5, 0.6) is 0 Å². The molecule has 0 atom stereocenters. The van der Waals surface area contributed by atoms with Gasteiger partial charge < -0.3 is 10.0 Å². The topological polar surface area (TPSA) is 99.6 Å². The van der Waals surface area contributed by atoms with E-state index >= 15 is 0 Å². The number of hydrogen-bond acceptors (Lipinski definition) is 5. The van der Waals surface area contributed by atoms with Crippen LogP contribution in [-0.2, 0) is 10.0 Å². The van der Waals surface area contributed by atoms with E-state index in [0.717, 1.165) is 12.8 Å². The Kier molecular flexibility index (Phi) is 6.02. The average Bonchev–Trinajstić information content (AvgIpc) is 2.64. The molecule has 1 aliphatic rings. The van der Waals surface area contributed by atoms with Crippen molar-refractivity contribution in [3.63, 3.8) is 0 Å². The van der Waals surface area contributed by atoms with Crippen LogP contribution in [0.2, 0.25) is 10.0 Å². The quantitative estimate of drug-likeness (QED) is 0.720. The molecular weight excluding hydrogens is 425 g/mol. The van der Waals surface area contributed by atoms with E-state index < -0.39 is 16.0 Å². The van der Waals surface area contributed by atoms with E-state index in [4.69, 9.17) is 23.2 Å². The second-order valence-corrected chi connectivity index (χ2v) is 9.25. The van der Waals surface area contributed by atoms with Crippen molar-refractivity contribution in [3.05, 3.63) is 46.1 Å². The number of aromatic nitrogens is 1. The number of nitrogens with one attached hydrogen (secondary N) is 1. The number of aromatic carboxylic acids is 1. The van der Waals surface area contributed by atoms with Gasteiger partial charge in [0.2, 0.25) is 0 Å². The number of halogens is 2. The Labute approximate surface area is 173 Å². The average molecular weight is 444 g/mol. The largest absolute Gasteiger partial charge is 0.478 e. The van der Waals surface area contributed by atoms with Crippen LogP contribution in [0, 0.1) is 5.92 Å².